The van der Waals surface area contributed by atoms with E-state index in [9.17, 15) is 17.6 Å². The second kappa shape index (κ2) is 5.25. The van der Waals surface area contributed by atoms with Gasteiger partial charge in [-0.05, 0) is 18.8 Å². The molecule has 0 saturated heterocycles. The van der Waals surface area contributed by atoms with Crippen LogP contribution in [0.1, 0.15) is 25.7 Å². The van der Waals surface area contributed by atoms with Crippen molar-refractivity contribution in [2.24, 2.45) is 5.92 Å². The Balaban J connectivity index is 2.13. The van der Waals surface area contributed by atoms with E-state index in [0.717, 1.165) is 37.4 Å². The van der Waals surface area contributed by atoms with Crippen molar-refractivity contribution >= 4 is 11.8 Å². The van der Waals surface area contributed by atoms with E-state index >= 15 is 0 Å². The highest BCUT2D eigenvalue weighted by atomic mass is 32.2. The summed E-state index contributed by atoms with van der Waals surface area (Å²) in [4.78, 5) is 1.92. The molecular weight excluding hydrogens is 254 g/mol. The number of pyridine rings is 1. The van der Waals surface area contributed by atoms with Crippen LogP contribution in [-0.4, -0.2) is 10.7 Å². The highest BCUT2D eigenvalue weighted by Crippen LogP contribution is 2.33. The molecule has 1 nitrogen and oxygen atoms in total. The Kier molecular flexibility index (Phi) is 3.91. The van der Waals surface area contributed by atoms with Crippen LogP contribution in [0.4, 0.5) is 17.6 Å². The number of rotatable bonds is 3. The standard InChI is InChI=1S/C11H11F4NS/c12-7-9(8(13)11(15)16-10(7)14)17-5-6-3-1-2-4-6/h6H,1-5H2. The van der Waals surface area contributed by atoms with Crippen LogP contribution < -0.4 is 0 Å². The highest BCUT2D eigenvalue weighted by Gasteiger charge is 2.23. The van der Waals surface area contributed by atoms with E-state index in [2.05, 4.69) is 4.98 Å². The van der Waals surface area contributed by atoms with Gasteiger partial charge in [0, 0.05) is 5.75 Å². The third-order valence-electron chi connectivity index (χ3n) is 2.90. The van der Waals surface area contributed by atoms with Gasteiger partial charge < -0.3 is 0 Å². The molecule has 0 N–H and O–H groups in total. The zero-order valence-corrected chi connectivity index (χ0v) is 9.80. The van der Waals surface area contributed by atoms with Gasteiger partial charge >= 0.3 is 0 Å². The lowest BCUT2D eigenvalue weighted by Gasteiger charge is -2.09. The molecule has 0 aromatic carbocycles. The maximum absolute atomic E-state index is 13.3. The van der Waals surface area contributed by atoms with Crippen molar-refractivity contribution in [3.05, 3.63) is 23.5 Å². The molecule has 0 spiro atoms. The molecule has 2 rings (SSSR count). The Morgan fingerprint density at radius 1 is 1.00 bits per heavy atom. The minimum Gasteiger partial charge on any atom is -0.201 e. The molecule has 1 aromatic rings. The number of aromatic nitrogens is 1. The molecule has 0 atom stereocenters. The van der Waals surface area contributed by atoms with Crippen LogP contribution >= 0.6 is 11.8 Å². The second-order valence-electron chi connectivity index (χ2n) is 4.11. The van der Waals surface area contributed by atoms with Crippen LogP contribution in [0.25, 0.3) is 0 Å². The number of hydrogen-bond donors (Lipinski definition) is 0. The smallest absolute Gasteiger partial charge is 0.201 e. The molecule has 1 heterocycles. The summed E-state index contributed by atoms with van der Waals surface area (Å²) in [7, 11) is 0. The molecule has 6 heteroatoms. The van der Waals surface area contributed by atoms with Crippen LogP contribution in [0.5, 0.6) is 0 Å². The summed E-state index contributed by atoms with van der Waals surface area (Å²) in [6.07, 6.45) is 4.23. The molecule has 17 heavy (non-hydrogen) atoms. The first-order chi connectivity index (χ1) is 8.09. The van der Waals surface area contributed by atoms with Crippen LogP contribution in [0.15, 0.2) is 4.90 Å². The van der Waals surface area contributed by atoms with E-state index in [0.29, 0.717) is 11.7 Å². The van der Waals surface area contributed by atoms with Crippen LogP contribution in [-0.2, 0) is 0 Å². The average Bonchev–Trinajstić information content (AvgIpc) is 2.79. The largest absolute Gasteiger partial charge is 0.252 e. The lowest BCUT2D eigenvalue weighted by atomic mass is 10.1. The molecule has 1 fully saturated rings. The zero-order chi connectivity index (χ0) is 12.4. The summed E-state index contributed by atoms with van der Waals surface area (Å²) in [5.41, 5.74) is 0. The summed E-state index contributed by atoms with van der Waals surface area (Å²) >= 11 is 0.829. The molecule has 1 aliphatic carbocycles. The van der Waals surface area contributed by atoms with Crippen molar-refractivity contribution in [1.29, 1.82) is 0 Å². The summed E-state index contributed by atoms with van der Waals surface area (Å²) in [5, 5.41) is 0. The molecule has 1 aliphatic rings. The van der Waals surface area contributed by atoms with Gasteiger partial charge in [-0.2, -0.15) is 13.8 Å². The molecule has 0 aliphatic heterocycles. The van der Waals surface area contributed by atoms with Gasteiger partial charge in [-0.1, -0.05) is 12.8 Å². The third-order valence-corrected chi connectivity index (χ3v) is 4.18. The van der Waals surface area contributed by atoms with Gasteiger partial charge in [0.2, 0.25) is 0 Å². The monoisotopic (exact) mass is 265 g/mol. The van der Waals surface area contributed by atoms with Gasteiger partial charge in [0.25, 0.3) is 11.9 Å². The van der Waals surface area contributed by atoms with Crippen molar-refractivity contribution in [3.63, 3.8) is 0 Å². The van der Waals surface area contributed by atoms with Crippen molar-refractivity contribution in [3.8, 4) is 0 Å². The first-order valence-corrected chi connectivity index (χ1v) is 6.41. The number of halogens is 4. The summed E-state index contributed by atoms with van der Waals surface area (Å²) in [5.74, 6) is -5.11. The normalized spacial score (nSPS) is 16.7. The van der Waals surface area contributed by atoms with Crippen molar-refractivity contribution in [1.82, 2.24) is 4.98 Å². The van der Waals surface area contributed by atoms with Crippen LogP contribution in [0, 0.1) is 29.4 Å². The Hall–Kier alpha value is -0.780. The molecule has 0 unspecified atom stereocenters. The predicted octanol–water partition coefficient (Wildman–Crippen LogP) is 3.92. The van der Waals surface area contributed by atoms with E-state index in [-0.39, 0.29) is 0 Å². The lowest BCUT2D eigenvalue weighted by molar-refractivity contribution is 0.383. The van der Waals surface area contributed by atoms with E-state index in [4.69, 9.17) is 0 Å². The third kappa shape index (κ3) is 2.73. The fraction of sp³-hybridized carbons (Fsp3) is 0.545. The predicted molar refractivity (Wildman–Crippen MR) is 56.8 cm³/mol. The summed E-state index contributed by atoms with van der Waals surface area (Å²) in [6, 6.07) is 0. The van der Waals surface area contributed by atoms with Gasteiger partial charge in [-0.25, -0.2) is 8.78 Å². The first-order valence-electron chi connectivity index (χ1n) is 5.42. The topological polar surface area (TPSA) is 12.9 Å². The van der Waals surface area contributed by atoms with Gasteiger partial charge in [0.15, 0.2) is 11.6 Å². The van der Waals surface area contributed by atoms with Gasteiger partial charge in [0.1, 0.15) is 0 Å². The molecule has 1 aromatic heterocycles. The van der Waals surface area contributed by atoms with Crippen LogP contribution in [0.3, 0.4) is 0 Å². The Morgan fingerprint density at radius 2 is 1.53 bits per heavy atom. The second-order valence-corrected chi connectivity index (χ2v) is 5.14. The number of nitrogens with zero attached hydrogens (tertiary/aromatic N) is 1. The maximum atomic E-state index is 13.3. The molecule has 0 bridgehead atoms. The molecular formula is C11H11F4NS. The van der Waals surface area contributed by atoms with Gasteiger partial charge in [-0.15, -0.1) is 11.8 Å². The van der Waals surface area contributed by atoms with Gasteiger partial charge in [0.05, 0.1) is 4.90 Å². The lowest BCUT2D eigenvalue weighted by Crippen LogP contribution is -2.04. The molecule has 1 saturated carbocycles. The Bertz CT molecular complexity index is 392. The maximum Gasteiger partial charge on any atom is 0.252 e. The molecule has 0 amide bonds. The number of hydrogen-bond acceptors (Lipinski definition) is 2. The fourth-order valence-corrected chi connectivity index (χ4v) is 3.13. The number of thioether (sulfide) groups is 1. The fourth-order valence-electron chi connectivity index (χ4n) is 1.97. The van der Waals surface area contributed by atoms with Crippen molar-refractivity contribution in [2.75, 3.05) is 5.75 Å². The SMILES string of the molecule is Fc1nc(F)c(F)c(SCC2CCCC2)c1F. The van der Waals surface area contributed by atoms with E-state index in [1.54, 1.807) is 0 Å². The quantitative estimate of drug-likeness (QED) is 0.467. The van der Waals surface area contributed by atoms with E-state index < -0.39 is 28.4 Å². The summed E-state index contributed by atoms with van der Waals surface area (Å²) in [6.45, 7) is 0. The Morgan fingerprint density at radius 3 is 2.06 bits per heavy atom. The van der Waals surface area contributed by atoms with Crippen molar-refractivity contribution in [2.45, 2.75) is 30.6 Å². The minimum atomic E-state index is -1.59. The average molecular weight is 265 g/mol. The van der Waals surface area contributed by atoms with E-state index in [1.807, 2.05) is 0 Å². The highest BCUT2D eigenvalue weighted by molar-refractivity contribution is 7.99. The first kappa shape index (κ1) is 12.7. The van der Waals surface area contributed by atoms with Crippen molar-refractivity contribution < 1.29 is 17.6 Å². The minimum absolute atomic E-state index is 0.373. The molecule has 94 valence electrons. The molecule has 0 radical (unpaired) electrons. The van der Waals surface area contributed by atoms with E-state index in [1.165, 1.54) is 0 Å². The summed E-state index contributed by atoms with van der Waals surface area (Å²) < 4.78 is 52.1. The Labute approximate surface area is 101 Å². The van der Waals surface area contributed by atoms with Gasteiger partial charge in [-0.3, -0.25) is 0 Å². The van der Waals surface area contributed by atoms with Crippen LogP contribution in [0.2, 0.25) is 0 Å². The zero-order valence-electron chi connectivity index (χ0n) is 8.98.